The molecule has 6 nitrogen and oxygen atoms in total. The van der Waals surface area contributed by atoms with Crippen molar-refractivity contribution in [3.05, 3.63) is 29.8 Å². The predicted octanol–water partition coefficient (Wildman–Crippen LogP) is 1.74. The Morgan fingerprint density at radius 2 is 1.73 bits per heavy atom. The first-order valence-electron chi connectivity index (χ1n) is 11.9. The van der Waals surface area contributed by atoms with Crippen LogP contribution in [0.3, 0.4) is 0 Å². The summed E-state index contributed by atoms with van der Waals surface area (Å²) in [5.41, 5.74) is 0.702. The Morgan fingerprint density at radius 3 is 2.53 bits per heavy atom. The number of β-amino-alcohol motifs (C(OH)–C–C–N with tert-alkyl or cyclic N) is 1. The molecule has 3 aliphatic heterocycles. The maximum absolute atomic E-state index is 11.1. The molecule has 3 saturated heterocycles. The highest BCUT2D eigenvalue weighted by Gasteiger charge is 2.37. The van der Waals surface area contributed by atoms with Gasteiger partial charge in [0.15, 0.2) is 0 Å². The number of benzene rings is 1. The molecule has 1 aromatic rings. The molecular weight excluding hydrogens is 376 g/mol. The molecule has 6 heteroatoms. The molecule has 3 aliphatic rings. The first-order valence-corrected chi connectivity index (χ1v) is 11.9. The average Bonchev–Trinajstić information content (AvgIpc) is 3.11. The smallest absolute Gasteiger partial charge is 0.119 e. The van der Waals surface area contributed by atoms with Gasteiger partial charge in [-0.1, -0.05) is 18.6 Å². The average molecular weight is 417 g/mol. The van der Waals surface area contributed by atoms with Crippen molar-refractivity contribution in [3.63, 3.8) is 0 Å². The second kappa shape index (κ2) is 10.4. The van der Waals surface area contributed by atoms with Gasteiger partial charge in [0.2, 0.25) is 0 Å². The van der Waals surface area contributed by atoms with E-state index in [1.807, 2.05) is 0 Å². The predicted molar refractivity (Wildman–Crippen MR) is 121 cm³/mol. The van der Waals surface area contributed by atoms with Crippen molar-refractivity contribution >= 4 is 0 Å². The van der Waals surface area contributed by atoms with Gasteiger partial charge in [-0.3, -0.25) is 14.7 Å². The quantitative estimate of drug-likeness (QED) is 0.696. The summed E-state index contributed by atoms with van der Waals surface area (Å²) in [6, 6.07) is 8.51. The molecule has 1 N–H and O–H groups in total. The van der Waals surface area contributed by atoms with Gasteiger partial charge in [-0.15, -0.1) is 0 Å². The third kappa shape index (κ3) is 6.41. The number of nitrogens with zero attached hydrogens (tertiary/aromatic N) is 4. The van der Waals surface area contributed by atoms with Gasteiger partial charge in [-0.05, 0) is 57.1 Å². The van der Waals surface area contributed by atoms with E-state index in [4.69, 9.17) is 4.74 Å². The number of hydrogen-bond donors (Lipinski definition) is 1. The first kappa shape index (κ1) is 22.0. The third-order valence-electron chi connectivity index (χ3n) is 6.95. The minimum atomic E-state index is -0.571. The van der Waals surface area contributed by atoms with Crippen LogP contribution in [-0.4, -0.2) is 109 Å². The molecule has 4 rings (SSSR count). The minimum Gasteiger partial charge on any atom is -0.492 e. The second-order valence-electron chi connectivity index (χ2n) is 9.66. The van der Waals surface area contributed by atoms with Crippen LogP contribution in [0.5, 0.6) is 5.75 Å². The normalized spacial score (nSPS) is 27.5. The summed E-state index contributed by atoms with van der Waals surface area (Å²) < 4.78 is 6.04. The Labute approximate surface area is 182 Å². The third-order valence-corrected chi connectivity index (χ3v) is 6.95. The number of piperazine rings is 1. The van der Waals surface area contributed by atoms with Crippen LogP contribution in [0, 0.1) is 0 Å². The Kier molecular flexibility index (Phi) is 7.65. The van der Waals surface area contributed by atoms with E-state index in [1.165, 1.54) is 37.9 Å². The largest absolute Gasteiger partial charge is 0.492 e. The lowest BCUT2D eigenvalue weighted by molar-refractivity contribution is -0.000369. The van der Waals surface area contributed by atoms with Crippen LogP contribution in [0.2, 0.25) is 0 Å². The Balaban J connectivity index is 1.22. The number of rotatable bonds is 8. The van der Waals surface area contributed by atoms with Gasteiger partial charge in [0, 0.05) is 58.9 Å². The minimum absolute atomic E-state index is 0.571. The topological polar surface area (TPSA) is 42.4 Å². The van der Waals surface area contributed by atoms with Crippen LogP contribution in [0.25, 0.3) is 0 Å². The van der Waals surface area contributed by atoms with Crippen LogP contribution >= 0.6 is 0 Å². The van der Waals surface area contributed by atoms with E-state index in [1.54, 1.807) is 0 Å². The standard InChI is InChI=1S/C24H40N4O2/c1-25-12-14-27(15-13-25)20-24(29)8-11-28(21-24)19-22-6-5-7-23(18-22)30-17-16-26-9-3-2-4-10-26/h5-7,18,29H,2-4,8-17,19-21H2,1H3/t24-/m0/s1. The molecule has 1 aromatic carbocycles. The molecule has 3 heterocycles. The van der Waals surface area contributed by atoms with E-state index in [0.29, 0.717) is 0 Å². The zero-order chi connectivity index (χ0) is 20.8. The fraction of sp³-hybridized carbons (Fsp3) is 0.750. The molecule has 0 spiro atoms. The second-order valence-corrected chi connectivity index (χ2v) is 9.66. The van der Waals surface area contributed by atoms with Gasteiger partial charge >= 0.3 is 0 Å². The molecule has 0 aromatic heterocycles. The Morgan fingerprint density at radius 1 is 0.933 bits per heavy atom. The molecule has 0 amide bonds. The van der Waals surface area contributed by atoms with Crippen molar-refractivity contribution in [1.82, 2.24) is 19.6 Å². The Bertz CT molecular complexity index is 658. The van der Waals surface area contributed by atoms with Crippen molar-refractivity contribution in [1.29, 1.82) is 0 Å². The van der Waals surface area contributed by atoms with Crippen molar-refractivity contribution < 1.29 is 9.84 Å². The monoisotopic (exact) mass is 416 g/mol. The molecule has 0 unspecified atom stereocenters. The lowest BCUT2D eigenvalue weighted by Gasteiger charge is -2.36. The number of likely N-dealkylation sites (tertiary alicyclic amines) is 2. The molecule has 0 radical (unpaired) electrons. The Hall–Kier alpha value is -1.18. The van der Waals surface area contributed by atoms with Gasteiger partial charge in [0.1, 0.15) is 12.4 Å². The lowest BCUT2D eigenvalue weighted by atomic mass is 10.0. The molecule has 3 fully saturated rings. The summed E-state index contributed by atoms with van der Waals surface area (Å²) in [6.45, 7) is 12.0. The number of piperidine rings is 1. The van der Waals surface area contributed by atoms with Gasteiger partial charge in [0.25, 0.3) is 0 Å². The number of likely N-dealkylation sites (N-methyl/N-ethyl adjacent to an activating group) is 1. The van der Waals surface area contributed by atoms with Crippen LogP contribution < -0.4 is 4.74 Å². The van der Waals surface area contributed by atoms with E-state index in [-0.39, 0.29) is 0 Å². The summed E-state index contributed by atoms with van der Waals surface area (Å²) in [5.74, 6) is 0.969. The van der Waals surface area contributed by atoms with E-state index in [9.17, 15) is 5.11 Å². The fourth-order valence-corrected chi connectivity index (χ4v) is 5.09. The summed E-state index contributed by atoms with van der Waals surface area (Å²) in [5, 5.41) is 11.1. The van der Waals surface area contributed by atoms with Crippen LogP contribution in [-0.2, 0) is 6.54 Å². The van der Waals surface area contributed by atoms with E-state index >= 15 is 0 Å². The van der Waals surface area contributed by atoms with Gasteiger partial charge in [0.05, 0.1) is 5.60 Å². The van der Waals surface area contributed by atoms with E-state index < -0.39 is 5.60 Å². The maximum Gasteiger partial charge on any atom is 0.119 e. The summed E-state index contributed by atoms with van der Waals surface area (Å²) in [4.78, 5) is 9.70. The lowest BCUT2D eigenvalue weighted by Crippen LogP contribution is -2.51. The van der Waals surface area contributed by atoms with E-state index in [0.717, 1.165) is 77.7 Å². The molecule has 0 bridgehead atoms. The van der Waals surface area contributed by atoms with Crippen molar-refractivity contribution in [3.8, 4) is 5.75 Å². The summed E-state index contributed by atoms with van der Waals surface area (Å²) >= 11 is 0. The fourth-order valence-electron chi connectivity index (χ4n) is 5.09. The van der Waals surface area contributed by atoms with Crippen molar-refractivity contribution in [2.24, 2.45) is 0 Å². The SMILES string of the molecule is CN1CCN(C[C@@]2(O)CCN(Cc3cccc(OCCN4CCCCC4)c3)C2)CC1. The highest BCUT2D eigenvalue weighted by atomic mass is 16.5. The van der Waals surface area contributed by atoms with Gasteiger partial charge in [-0.25, -0.2) is 0 Å². The maximum atomic E-state index is 11.1. The molecular formula is C24H40N4O2. The summed E-state index contributed by atoms with van der Waals surface area (Å²) in [7, 11) is 2.18. The van der Waals surface area contributed by atoms with Crippen molar-refractivity contribution in [2.75, 3.05) is 79.1 Å². The molecule has 30 heavy (non-hydrogen) atoms. The van der Waals surface area contributed by atoms with E-state index in [2.05, 4.69) is 50.9 Å². The van der Waals surface area contributed by atoms with Crippen LogP contribution in [0.4, 0.5) is 0 Å². The highest BCUT2D eigenvalue weighted by molar-refractivity contribution is 5.28. The molecule has 0 saturated carbocycles. The van der Waals surface area contributed by atoms with Crippen LogP contribution in [0.15, 0.2) is 24.3 Å². The molecule has 1 atom stereocenters. The van der Waals surface area contributed by atoms with Crippen molar-refractivity contribution in [2.45, 2.75) is 37.8 Å². The van der Waals surface area contributed by atoms with Gasteiger partial charge in [-0.2, -0.15) is 0 Å². The number of ether oxygens (including phenoxy) is 1. The summed E-state index contributed by atoms with van der Waals surface area (Å²) in [6.07, 6.45) is 4.89. The zero-order valence-corrected chi connectivity index (χ0v) is 18.8. The zero-order valence-electron chi connectivity index (χ0n) is 18.8. The number of hydrogen-bond acceptors (Lipinski definition) is 6. The van der Waals surface area contributed by atoms with Gasteiger partial charge < -0.3 is 14.7 Å². The number of aliphatic hydroxyl groups is 1. The first-order chi connectivity index (χ1) is 14.6. The van der Waals surface area contributed by atoms with Crippen LogP contribution in [0.1, 0.15) is 31.2 Å². The molecule has 168 valence electrons. The highest BCUT2D eigenvalue weighted by Crippen LogP contribution is 2.25. The molecule has 0 aliphatic carbocycles.